The molecule has 2 unspecified atom stereocenters. The van der Waals surface area contributed by atoms with E-state index >= 15 is 0 Å². The summed E-state index contributed by atoms with van der Waals surface area (Å²) >= 11 is 0. The topological polar surface area (TPSA) is 103 Å². The van der Waals surface area contributed by atoms with E-state index in [9.17, 15) is 9.59 Å². The Morgan fingerprint density at radius 3 is 2.73 bits per heavy atom. The standard InChI is InChI=1S/C19H17N5O2/c20-10-13-8-15-16(21-18(13)25)6-7-24(19(15)26)11-14-9-17(23-22-14)12-4-2-1-3-5-12/h1-8,14,17,22-23H,9,11H2,(H,21,25). The summed E-state index contributed by atoms with van der Waals surface area (Å²) in [6, 6.07) is 15.3. The zero-order chi connectivity index (χ0) is 18.1. The molecule has 3 aromatic rings. The van der Waals surface area contributed by atoms with Gasteiger partial charge in [-0.2, -0.15) is 5.26 Å². The van der Waals surface area contributed by atoms with Gasteiger partial charge >= 0.3 is 0 Å². The molecule has 0 bridgehead atoms. The molecule has 130 valence electrons. The van der Waals surface area contributed by atoms with Crippen LogP contribution in [0.25, 0.3) is 10.9 Å². The first kappa shape index (κ1) is 16.3. The minimum absolute atomic E-state index is 0.0582. The second-order valence-electron chi connectivity index (χ2n) is 6.41. The number of H-pyrrole nitrogens is 1. The Balaban J connectivity index is 1.59. The van der Waals surface area contributed by atoms with Crippen molar-refractivity contribution in [2.45, 2.75) is 25.0 Å². The number of benzene rings is 1. The number of hydrogen-bond donors (Lipinski definition) is 3. The minimum Gasteiger partial charge on any atom is -0.321 e. The van der Waals surface area contributed by atoms with Crippen molar-refractivity contribution in [3.8, 4) is 6.07 Å². The van der Waals surface area contributed by atoms with E-state index < -0.39 is 5.56 Å². The lowest BCUT2D eigenvalue weighted by Gasteiger charge is -2.12. The van der Waals surface area contributed by atoms with Crippen molar-refractivity contribution in [2.75, 3.05) is 0 Å². The molecule has 1 aliphatic heterocycles. The van der Waals surface area contributed by atoms with Gasteiger partial charge in [-0.3, -0.25) is 15.0 Å². The fourth-order valence-electron chi connectivity index (χ4n) is 3.35. The van der Waals surface area contributed by atoms with Crippen LogP contribution < -0.4 is 22.0 Å². The van der Waals surface area contributed by atoms with Crippen LogP contribution in [0.5, 0.6) is 0 Å². The van der Waals surface area contributed by atoms with Crippen LogP contribution in [0.4, 0.5) is 0 Å². The molecule has 26 heavy (non-hydrogen) atoms. The first-order valence-electron chi connectivity index (χ1n) is 8.38. The molecule has 7 nitrogen and oxygen atoms in total. The van der Waals surface area contributed by atoms with E-state index in [0.717, 1.165) is 6.42 Å². The van der Waals surface area contributed by atoms with Gasteiger partial charge in [0.05, 0.1) is 10.9 Å². The Bertz CT molecular complexity index is 1110. The number of pyridine rings is 2. The highest BCUT2D eigenvalue weighted by molar-refractivity contribution is 5.78. The van der Waals surface area contributed by atoms with Crippen LogP contribution in [-0.2, 0) is 6.54 Å². The average molecular weight is 347 g/mol. The Morgan fingerprint density at radius 2 is 1.96 bits per heavy atom. The molecular weight excluding hydrogens is 330 g/mol. The smallest absolute Gasteiger partial charge is 0.266 e. The highest BCUT2D eigenvalue weighted by atomic mass is 16.1. The number of nitrogens with zero attached hydrogens (tertiary/aromatic N) is 2. The van der Waals surface area contributed by atoms with Gasteiger partial charge in [-0.1, -0.05) is 30.3 Å². The summed E-state index contributed by atoms with van der Waals surface area (Å²) in [5, 5.41) is 9.35. The normalized spacial score (nSPS) is 19.5. The van der Waals surface area contributed by atoms with Crippen LogP contribution >= 0.6 is 0 Å². The van der Waals surface area contributed by atoms with Crippen molar-refractivity contribution in [3.05, 3.63) is 80.5 Å². The zero-order valence-electron chi connectivity index (χ0n) is 13.9. The molecule has 2 aromatic heterocycles. The third-order valence-corrected chi connectivity index (χ3v) is 4.71. The zero-order valence-corrected chi connectivity index (χ0v) is 13.9. The van der Waals surface area contributed by atoms with E-state index in [1.807, 2.05) is 24.3 Å². The summed E-state index contributed by atoms with van der Waals surface area (Å²) in [5.74, 6) is 0. The molecule has 0 saturated carbocycles. The van der Waals surface area contributed by atoms with Gasteiger partial charge in [0, 0.05) is 24.8 Å². The maximum Gasteiger partial charge on any atom is 0.266 e. The largest absolute Gasteiger partial charge is 0.321 e. The highest BCUT2D eigenvalue weighted by Gasteiger charge is 2.25. The fraction of sp³-hybridized carbons (Fsp3) is 0.211. The van der Waals surface area contributed by atoms with Crippen LogP contribution in [0, 0.1) is 11.3 Å². The van der Waals surface area contributed by atoms with E-state index in [1.54, 1.807) is 16.8 Å². The number of nitriles is 1. The van der Waals surface area contributed by atoms with Crippen molar-refractivity contribution in [1.82, 2.24) is 20.4 Å². The third-order valence-electron chi connectivity index (χ3n) is 4.71. The lowest BCUT2D eigenvalue weighted by atomic mass is 10.0. The summed E-state index contributed by atoms with van der Waals surface area (Å²) in [4.78, 5) is 27.0. The molecule has 3 heterocycles. The number of fused-ring (bicyclic) bond motifs is 1. The Hall–Kier alpha value is -3.21. The van der Waals surface area contributed by atoms with E-state index in [0.29, 0.717) is 17.4 Å². The summed E-state index contributed by atoms with van der Waals surface area (Å²) in [7, 11) is 0. The quantitative estimate of drug-likeness (QED) is 0.660. The first-order chi connectivity index (χ1) is 12.7. The summed E-state index contributed by atoms with van der Waals surface area (Å²) < 4.78 is 1.61. The molecule has 0 aliphatic carbocycles. The number of hydrazine groups is 1. The monoisotopic (exact) mass is 347 g/mol. The Morgan fingerprint density at radius 1 is 1.15 bits per heavy atom. The van der Waals surface area contributed by atoms with E-state index in [2.05, 4.69) is 28.0 Å². The molecule has 1 aliphatic rings. The lowest BCUT2D eigenvalue weighted by molar-refractivity contribution is 0.475. The third kappa shape index (κ3) is 2.92. The van der Waals surface area contributed by atoms with E-state index in [-0.39, 0.29) is 23.2 Å². The molecule has 7 heteroatoms. The summed E-state index contributed by atoms with van der Waals surface area (Å²) in [6.07, 6.45) is 2.52. The molecule has 1 aromatic carbocycles. The van der Waals surface area contributed by atoms with Crippen molar-refractivity contribution < 1.29 is 0 Å². The van der Waals surface area contributed by atoms with Crippen molar-refractivity contribution in [2.24, 2.45) is 0 Å². The maximum absolute atomic E-state index is 12.7. The van der Waals surface area contributed by atoms with E-state index in [1.165, 1.54) is 11.6 Å². The van der Waals surface area contributed by atoms with Crippen molar-refractivity contribution in [1.29, 1.82) is 5.26 Å². The summed E-state index contributed by atoms with van der Waals surface area (Å²) in [5.41, 5.74) is 7.39. The Kier molecular flexibility index (Phi) is 4.13. The molecule has 0 amide bonds. The molecule has 2 atom stereocenters. The molecule has 0 radical (unpaired) electrons. The van der Waals surface area contributed by atoms with Gasteiger partial charge in [0.15, 0.2) is 0 Å². The van der Waals surface area contributed by atoms with Crippen LogP contribution in [0.1, 0.15) is 23.6 Å². The van der Waals surface area contributed by atoms with Crippen LogP contribution in [0.15, 0.2) is 58.3 Å². The van der Waals surface area contributed by atoms with Gasteiger partial charge in [-0.15, -0.1) is 0 Å². The molecule has 1 fully saturated rings. The van der Waals surface area contributed by atoms with Crippen molar-refractivity contribution >= 4 is 10.9 Å². The molecule has 3 N–H and O–H groups in total. The van der Waals surface area contributed by atoms with Gasteiger partial charge in [0.25, 0.3) is 11.1 Å². The second-order valence-corrected chi connectivity index (χ2v) is 6.41. The predicted molar refractivity (Wildman–Crippen MR) is 97.4 cm³/mol. The second kappa shape index (κ2) is 6.59. The van der Waals surface area contributed by atoms with Gasteiger partial charge < -0.3 is 9.55 Å². The lowest BCUT2D eigenvalue weighted by Crippen LogP contribution is -2.36. The Labute approximate surface area is 148 Å². The minimum atomic E-state index is -0.482. The molecule has 1 saturated heterocycles. The number of aromatic amines is 1. The van der Waals surface area contributed by atoms with E-state index in [4.69, 9.17) is 5.26 Å². The van der Waals surface area contributed by atoms with Crippen molar-refractivity contribution in [3.63, 3.8) is 0 Å². The molecule has 0 spiro atoms. The number of aromatic nitrogens is 2. The average Bonchev–Trinajstić information content (AvgIpc) is 3.13. The first-order valence-corrected chi connectivity index (χ1v) is 8.38. The highest BCUT2D eigenvalue weighted by Crippen LogP contribution is 2.22. The number of hydrogen-bond acceptors (Lipinski definition) is 5. The van der Waals surface area contributed by atoms with Crippen LogP contribution in [-0.4, -0.2) is 15.6 Å². The SMILES string of the molecule is N#Cc1cc2c(=O)n(CC3CC(c4ccccc4)NN3)ccc2[nH]c1=O. The van der Waals surface area contributed by atoms with Gasteiger partial charge in [0.2, 0.25) is 0 Å². The molecule has 4 rings (SSSR count). The van der Waals surface area contributed by atoms with Gasteiger partial charge in [0.1, 0.15) is 11.6 Å². The van der Waals surface area contributed by atoms with Crippen LogP contribution in [0.2, 0.25) is 0 Å². The van der Waals surface area contributed by atoms with Gasteiger partial charge in [-0.25, -0.2) is 5.43 Å². The number of rotatable bonds is 3. The maximum atomic E-state index is 12.7. The fourth-order valence-corrected chi connectivity index (χ4v) is 3.35. The van der Waals surface area contributed by atoms with Gasteiger partial charge in [-0.05, 0) is 24.1 Å². The summed E-state index contributed by atoms with van der Waals surface area (Å²) in [6.45, 7) is 0.492. The van der Waals surface area contributed by atoms with Crippen LogP contribution in [0.3, 0.4) is 0 Å². The predicted octanol–water partition coefficient (Wildman–Crippen LogP) is 1.17. The molecular formula is C19H17N5O2. The number of nitrogens with one attached hydrogen (secondary N) is 3.